The predicted molar refractivity (Wildman–Crippen MR) is 101 cm³/mol. The van der Waals surface area contributed by atoms with Crippen molar-refractivity contribution < 1.29 is 13.9 Å². The molecule has 1 N–H and O–H groups in total. The number of hydrogen-bond donors (Lipinski definition) is 1. The fourth-order valence-electron chi connectivity index (χ4n) is 2.71. The Hall–Kier alpha value is -2.92. The number of carbonyl (C=O) groups is 1. The van der Waals surface area contributed by atoms with Gasteiger partial charge in [0.15, 0.2) is 11.7 Å². The van der Waals surface area contributed by atoms with E-state index in [-0.39, 0.29) is 5.91 Å². The molecule has 0 unspecified atom stereocenters. The average Bonchev–Trinajstić information content (AvgIpc) is 3.03. The molecular weight excluding hydrogens is 328 g/mol. The quantitative estimate of drug-likeness (QED) is 0.687. The molecule has 0 saturated carbocycles. The molecular formula is C21H22N2O3. The smallest absolute Gasteiger partial charge is 0.224 e. The SMILES string of the molecule is COCc1ccc(NC(=O)CCc2nc(C)c(-c3ccccc3)o2)cc1. The molecule has 0 aliphatic carbocycles. The minimum atomic E-state index is -0.0680. The second-order valence-corrected chi connectivity index (χ2v) is 6.07. The number of amides is 1. The van der Waals surface area contributed by atoms with Crippen molar-refractivity contribution in [1.29, 1.82) is 0 Å². The number of benzene rings is 2. The Morgan fingerprint density at radius 1 is 1.12 bits per heavy atom. The van der Waals surface area contributed by atoms with E-state index in [1.54, 1.807) is 7.11 Å². The number of carbonyl (C=O) groups excluding carboxylic acids is 1. The topological polar surface area (TPSA) is 64.4 Å². The third kappa shape index (κ3) is 4.58. The predicted octanol–water partition coefficient (Wildman–Crippen LogP) is 4.37. The van der Waals surface area contributed by atoms with Crippen LogP contribution in [0.2, 0.25) is 0 Å². The number of nitrogens with zero attached hydrogens (tertiary/aromatic N) is 1. The van der Waals surface area contributed by atoms with Crippen LogP contribution < -0.4 is 5.32 Å². The molecule has 26 heavy (non-hydrogen) atoms. The largest absolute Gasteiger partial charge is 0.440 e. The monoisotopic (exact) mass is 350 g/mol. The number of aryl methyl sites for hydroxylation is 2. The second-order valence-electron chi connectivity index (χ2n) is 6.07. The fourth-order valence-corrected chi connectivity index (χ4v) is 2.71. The molecule has 3 aromatic rings. The van der Waals surface area contributed by atoms with Gasteiger partial charge in [-0.2, -0.15) is 0 Å². The van der Waals surface area contributed by atoms with Crippen LogP contribution in [-0.2, 0) is 22.6 Å². The lowest BCUT2D eigenvalue weighted by Crippen LogP contribution is -2.12. The number of rotatable bonds is 7. The minimum Gasteiger partial charge on any atom is -0.440 e. The van der Waals surface area contributed by atoms with Crippen molar-refractivity contribution in [2.75, 3.05) is 12.4 Å². The first-order valence-electron chi connectivity index (χ1n) is 8.55. The Balaban J connectivity index is 1.56. The van der Waals surface area contributed by atoms with E-state index in [0.717, 1.165) is 28.3 Å². The van der Waals surface area contributed by atoms with E-state index in [2.05, 4.69) is 10.3 Å². The lowest BCUT2D eigenvalue weighted by Gasteiger charge is -2.05. The Labute approximate surface area is 153 Å². The molecule has 1 amide bonds. The summed E-state index contributed by atoms with van der Waals surface area (Å²) in [6, 6.07) is 17.5. The van der Waals surface area contributed by atoms with Gasteiger partial charge in [0.2, 0.25) is 5.91 Å². The summed E-state index contributed by atoms with van der Waals surface area (Å²) in [5.74, 6) is 1.27. The average molecular weight is 350 g/mol. The summed E-state index contributed by atoms with van der Waals surface area (Å²) in [6.45, 7) is 2.47. The molecule has 5 nitrogen and oxygen atoms in total. The third-order valence-corrected chi connectivity index (χ3v) is 3.99. The third-order valence-electron chi connectivity index (χ3n) is 3.99. The summed E-state index contributed by atoms with van der Waals surface area (Å²) in [4.78, 5) is 16.6. The fraction of sp³-hybridized carbons (Fsp3) is 0.238. The van der Waals surface area contributed by atoms with Crippen LogP contribution in [0.1, 0.15) is 23.6 Å². The van der Waals surface area contributed by atoms with E-state index in [9.17, 15) is 4.79 Å². The van der Waals surface area contributed by atoms with Crippen molar-refractivity contribution in [3.8, 4) is 11.3 Å². The molecule has 0 aliphatic rings. The molecule has 0 atom stereocenters. The molecule has 3 rings (SSSR count). The van der Waals surface area contributed by atoms with Gasteiger partial charge >= 0.3 is 0 Å². The number of hydrogen-bond acceptors (Lipinski definition) is 4. The number of aromatic nitrogens is 1. The lowest BCUT2D eigenvalue weighted by molar-refractivity contribution is -0.116. The van der Waals surface area contributed by atoms with E-state index in [4.69, 9.17) is 9.15 Å². The first-order valence-corrected chi connectivity index (χ1v) is 8.55. The van der Waals surface area contributed by atoms with Crippen molar-refractivity contribution in [1.82, 2.24) is 4.98 Å². The van der Waals surface area contributed by atoms with Crippen molar-refractivity contribution in [2.24, 2.45) is 0 Å². The maximum absolute atomic E-state index is 12.2. The maximum Gasteiger partial charge on any atom is 0.224 e. The van der Waals surface area contributed by atoms with Crippen LogP contribution in [0, 0.1) is 6.92 Å². The number of oxazole rings is 1. The van der Waals surface area contributed by atoms with Crippen LogP contribution in [0.3, 0.4) is 0 Å². The Morgan fingerprint density at radius 3 is 2.54 bits per heavy atom. The highest BCUT2D eigenvalue weighted by molar-refractivity contribution is 5.90. The van der Waals surface area contributed by atoms with Gasteiger partial charge in [0, 0.05) is 31.2 Å². The van der Waals surface area contributed by atoms with Crippen LogP contribution in [0.25, 0.3) is 11.3 Å². The first kappa shape index (κ1) is 17.9. The second kappa shape index (κ2) is 8.45. The molecule has 0 aliphatic heterocycles. The zero-order valence-corrected chi connectivity index (χ0v) is 15.0. The van der Waals surface area contributed by atoms with Crippen molar-refractivity contribution in [2.45, 2.75) is 26.4 Å². The van der Waals surface area contributed by atoms with E-state index < -0.39 is 0 Å². The molecule has 0 spiro atoms. The highest BCUT2D eigenvalue weighted by Gasteiger charge is 2.13. The van der Waals surface area contributed by atoms with Gasteiger partial charge in [-0.1, -0.05) is 42.5 Å². The maximum atomic E-state index is 12.2. The Kier molecular flexibility index (Phi) is 5.81. The van der Waals surface area contributed by atoms with E-state index in [0.29, 0.717) is 25.3 Å². The summed E-state index contributed by atoms with van der Waals surface area (Å²) in [6.07, 6.45) is 0.773. The van der Waals surface area contributed by atoms with Gasteiger partial charge < -0.3 is 14.5 Å². The molecule has 0 saturated heterocycles. The zero-order valence-electron chi connectivity index (χ0n) is 15.0. The van der Waals surface area contributed by atoms with E-state index in [1.165, 1.54) is 0 Å². The molecule has 0 radical (unpaired) electrons. The summed E-state index contributed by atoms with van der Waals surface area (Å²) in [7, 11) is 1.66. The standard InChI is InChI=1S/C21H22N2O3/c1-15-21(17-6-4-3-5-7-17)26-20(22-15)13-12-19(24)23-18-10-8-16(9-11-18)14-25-2/h3-11H,12-14H2,1-2H3,(H,23,24). The summed E-state index contributed by atoms with van der Waals surface area (Å²) in [5, 5.41) is 2.89. The molecule has 2 aromatic carbocycles. The van der Waals surface area contributed by atoms with Crippen LogP contribution in [0.4, 0.5) is 5.69 Å². The Morgan fingerprint density at radius 2 is 1.85 bits per heavy atom. The number of anilines is 1. The van der Waals surface area contributed by atoms with Crippen LogP contribution >= 0.6 is 0 Å². The van der Waals surface area contributed by atoms with Gasteiger partial charge in [0.1, 0.15) is 0 Å². The van der Waals surface area contributed by atoms with Crippen LogP contribution in [-0.4, -0.2) is 18.0 Å². The Bertz CT molecular complexity index is 855. The minimum absolute atomic E-state index is 0.0680. The summed E-state index contributed by atoms with van der Waals surface area (Å²) >= 11 is 0. The van der Waals surface area contributed by atoms with Gasteiger partial charge in [-0.15, -0.1) is 0 Å². The van der Waals surface area contributed by atoms with Crippen molar-refractivity contribution in [3.05, 3.63) is 71.7 Å². The highest BCUT2D eigenvalue weighted by atomic mass is 16.5. The van der Waals surface area contributed by atoms with Crippen molar-refractivity contribution in [3.63, 3.8) is 0 Å². The number of nitrogens with one attached hydrogen (secondary N) is 1. The number of methoxy groups -OCH3 is 1. The van der Waals surface area contributed by atoms with Gasteiger partial charge in [0.05, 0.1) is 12.3 Å². The summed E-state index contributed by atoms with van der Waals surface area (Å²) < 4.78 is 10.9. The van der Waals surface area contributed by atoms with Crippen molar-refractivity contribution >= 4 is 11.6 Å². The zero-order chi connectivity index (χ0) is 18.4. The van der Waals surface area contributed by atoms with Gasteiger partial charge in [-0.3, -0.25) is 4.79 Å². The highest BCUT2D eigenvalue weighted by Crippen LogP contribution is 2.24. The normalized spacial score (nSPS) is 10.7. The number of ether oxygens (including phenoxy) is 1. The van der Waals surface area contributed by atoms with E-state index in [1.807, 2.05) is 61.5 Å². The molecule has 1 heterocycles. The van der Waals surface area contributed by atoms with Gasteiger partial charge in [-0.25, -0.2) is 4.98 Å². The molecule has 0 bridgehead atoms. The van der Waals surface area contributed by atoms with E-state index >= 15 is 0 Å². The van der Waals surface area contributed by atoms with Crippen LogP contribution in [0.15, 0.2) is 59.0 Å². The molecule has 5 heteroatoms. The molecule has 1 aromatic heterocycles. The molecule has 0 fully saturated rings. The lowest BCUT2D eigenvalue weighted by atomic mass is 10.1. The summed E-state index contributed by atoms with van der Waals surface area (Å²) in [5.41, 5.74) is 3.65. The molecule has 134 valence electrons. The van der Waals surface area contributed by atoms with Crippen LogP contribution in [0.5, 0.6) is 0 Å². The van der Waals surface area contributed by atoms with Gasteiger partial charge in [-0.05, 0) is 24.6 Å². The van der Waals surface area contributed by atoms with Gasteiger partial charge in [0.25, 0.3) is 0 Å². The first-order chi connectivity index (χ1) is 12.7.